The molecule has 134 valence electrons. The van der Waals surface area contributed by atoms with E-state index in [-0.39, 0.29) is 11.4 Å². The third kappa shape index (κ3) is 3.10. The zero-order valence-corrected chi connectivity index (χ0v) is 16.8. The Bertz CT molecular complexity index is 766. The van der Waals surface area contributed by atoms with E-state index in [0.717, 1.165) is 28.6 Å². The van der Waals surface area contributed by atoms with E-state index in [0.29, 0.717) is 5.92 Å². The van der Waals surface area contributed by atoms with Gasteiger partial charge in [-0.15, -0.1) is 0 Å². The molecule has 2 aliphatic rings. The maximum atomic E-state index is 12.4. The first-order valence-electron chi connectivity index (χ1n) is 8.84. The first-order valence-corrected chi connectivity index (χ1v) is 9.66. The number of rotatable bonds is 2. The molecule has 0 aromatic heterocycles. The molecule has 1 unspecified atom stereocenters. The van der Waals surface area contributed by atoms with Crippen LogP contribution in [-0.4, -0.2) is 42.2 Å². The van der Waals surface area contributed by atoms with Gasteiger partial charge in [0.1, 0.15) is 0 Å². The molecule has 1 saturated heterocycles. The molecule has 25 heavy (non-hydrogen) atoms. The molecule has 0 radical (unpaired) electrons. The van der Waals surface area contributed by atoms with Gasteiger partial charge < -0.3 is 4.90 Å². The van der Waals surface area contributed by atoms with Crippen molar-refractivity contribution in [1.82, 2.24) is 4.90 Å². The van der Waals surface area contributed by atoms with Crippen LogP contribution in [0.1, 0.15) is 51.2 Å². The van der Waals surface area contributed by atoms with Crippen molar-refractivity contribution >= 4 is 34.6 Å². The van der Waals surface area contributed by atoms with Gasteiger partial charge in [-0.3, -0.25) is 14.7 Å². The molecule has 0 N–H and O–H groups in total. The highest BCUT2D eigenvalue weighted by molar-refractivity contribution is 8.18. The molecule has 1 aromatic carbocycles. The lowest BCUT2D eigenvalue weighted by Crippen LogP contribution is -2.48. The summed E-state index contributed by atoms with van der Waals surface area (Å²) in [6.07, 6.45) is 3.13. The maximum Gasteiger partial charge on any atom is 0.266 e. The summed E-state index contributed by atoms with van der Waals surface area (Å²) in [5.74, 6) is 0.529. The van der Waals surface area contributed by atoms with Gasteiger partial charge in [-0.1, -0.05) is 13.0 Å². The van der Waals surface area contributed by atoms with Crippen LogP contribution in [0.3, 0.4) is 0 Å². The van der Waals surface area contributed by atoms with Gasteiger partial charge in [0.2, 0.25) is 0 Å². The van der Waals surface area contributed by atoms with Gasteiger partial charge in [0.15, 0.2) is 5.17 Å². The van der Waals surface area contributed by atoms with Crippen LogP contribution >= 0.6 is 11.8 Å². The highest BCUT2D eigenvalue weighted by Crippen LogP contribution is 2.43. The fraction of sp³-hybridized carbons (Fsp3) is 0.500. The van der Waals surface area contributed by atoms with Gasteiger partial charge >= 0.3 is 0 Å². The third-order valence-electron chi connectivity index (χ3n) is 5.22. The van der Waals surface area contributed by atoms with E-state index in [4.69, 9.17) is 0 Å². The summed E-state index contributed by atoms with van der Waals surface area (Å²) in [5, 5.41) is 0.751. The molecule has 0 spiro atoms. The molecule has 3 rings (SSSR count). The normalized spacial score (nSPS) is 25.8. The first-order chi connectivity index (χ1) is 11.8. The number of nitrogens with zero attached hydrogens (tertiary/aromatic N) is 3. The molecule has 0 bridgehead atoms. The Labute approximate surface area is 155 Å². The summed E-state index contributed by atoms with van der Waals surface area (Å²) in [6.45, 7) is 10.2. The Hall–Kier alpha value is -1.75. The second kappa shape index (κ2) is 6.52. The number of amides is 1. The summed E-state index contributed by atoms with van der Waals surface area (Å²) < 4.78 is 0. The van der Waals surface area contributed by atoms with E-state index in [1.165, 1.54) is 23.0 Å². The summed E-state index contributed by atoms with van der Waals surface area (Å²) >= 11 is 1.44. The largest absolute Gasteiger partial charge is 0.366 e. The van der Waals surface area contributed by atoms with Crippen molar-refractivity contribution in [2.75, 3.05) is 25.5 Å². The van der Waals surface area contributed by atoms with E-state index in [2.05, 4.69) is 55.8 Å². The lowest BCUT2D eigenvalue weighted by molar-refractivity contribution is -0.121. The van der Waals surface area contributed by atoms with Crippen LogP contribution in [0.15, 0.2) is 28.1 Å². The van der Waals surface area contributed by atoms with Crippen LogP contribution in [0.25, 0.3) is 6.08 Å². The topological polar surface area (TPSA) is 35.9 Å². The van der Waals surface area contributed by atoms with E-state index >= 15 is 0 Å². The van der Waals surface area contributed by atoms with E-state index in [1.54, 1.807) is 19.0 Å². The van der Waals surface area contributed by atoms with E-state index in [1.807, 2.05) is 6.08 Å². The summed E-state index contributed by atoms with van der Waals surface area (Å²) in [7, 11) is 3.49. The highest BCUT2D eigenvalue weighted by atomic mass is 32.2. The van der Waals surface area contributed by atoms with E-state index < -0.39 is 0 Å². The minimum atomic E-state index is 0.0210. The maximum absolute atomic E-state index is 12.4. The van der Waals surface area contributed by atoms with Gasteiger partial charge in [-0.25, -0.2) is 0 Å². The Morgan fingerprint density at radius 2 is 2.12 bits per heavy atom. The SMILES string of the molecule is CCN1c2ccc(/C=C3\SC(=NC)N(C)C3=O)cc2C(C)CC1(C)C. The van der Waals surface area contributed by atoms with Crippen LogP contribution < -0.4 is 4.90 Å². The predicted octanol–water partition coefficient (Wildman–Crippen LogP) is 4.33. The zero-order valence-electron chi connectivity index (χ0n) is 16.0. The first kappa shape index (κ1) is 18.1. The quantitative estimate of drug-likeness (QED) is 0.739. The van der Waals surface area contributed by atoms with Gasteiger partial charge in [-0.05, 0) is 74.2 Å². The van der Waals surface area contributed by atoms with Crippen LogP contribution in [0, 0.1) is 0 Å². The summed E-state index contributed by atoms with van der Waals surface area (Å²) in [5.41, 5.74) is 3.96. The fourth-order valence-electron chi connectivity index (χ4n) is 4.10. The van der Waals surface area contributed by atoms with Crippen molar-refractivity contribution in [3.05, 3.63) is 34.2 Å². The molecule has 4 nitrogen and oxygen atoms in total. The smallest absolute Gasteiger partial charge is 0.266 e. The molecule has 0 aliphatic carbocycles. The van der Waals surface area contributed by atoms with Crippen molar-refractivity contribution in [3.8, 4) is 0 Å². The lowest BCUT2D eigenvalue weighted by atomic mass is 9.79. The molecule has 2 heterocycles. The number of likely N-dealkylation sites (N-methyl/N-ethyl adjacent to an activating group) is 1. The number of anilines is 1. The number of carbonyl (C=O) groups is 1. The average Bonchev–Trinajstić information content (AvgIpc) is 2.83. The highest BCUT2D eigenvalue weighted by Gasteiger charge is 2.35. The van der Waals surface area contributed by atoms with Gasteiger partial charge in [0.05, 0.1) is 4.91 Å². The standard InChI is InChI=1S/C20H27N3OS/c1-7-23-16-9-8-14(10-15(16)13(2)12-20(23,3)4)11-17-18(24)22(6)19(21-5)25-17/h8-11,13H,7,12H2,1-6H3/b17-11-,21-19?. The van der Waals surface area contributed by atoms with Gasteiger partial charge in [0, 0.05) is 31.9 Å². The molecule has 5 heteroatoms. The molecule has 1 aromatic rings. The second-order valence-corrected chi connectivity index (χ2v) is 8.47. The van der Waals surface area contributed by atoms with Crippen molar-refractivity contribution in [2.24, 2.45) is 4.99 Å². The van der Waals surface area contributed by atoms with Crippen LogP contribution in [0.2, 0.25) is 0 Å². The fourth-order valence-corrected chi connectivity index (χ4v) is 5.03. The number of aliphatic imine (C=N–C) groups is 1. The molecule has 2 aliphatic heterocycles. The predicted molar refractivity (Wildman–Crippen MR) is 108 cm³/mol. The summed E-state index contributed by atoms with van der Waals surface area (Å²) in [4.78, 5) is 21.4. The number of benzene rings is 1. The van der Waals surface area contributed by atoms with Crippen molar-refractivity contribution in [3.63, 3.8) is 0 Å². The van der Waals surface area contributed by atoms with Crippen LogP contribution in [0.4, 0.5) is 5.69 Å². The molecule has 1 atom stereocenters. The lowest BCUT2D eigenvalue weighted by Gasteiger charge is -2.47. The minimum absolute atomic E-state index is 0.0210. The number of carbonyl (C=O) groups excluding carboxylic acids is 1. The molecule has 1 amide bonds. The number of thioether (sulfide) groups is 1. The number of amidine groups is 1. The minimum Gasteiger partial charge on any atom is -0.366 e. The Kier molecular flexibility index (Phi) is 4.71. The zero-order chi connectivity index (χ0) is 18.4. The number of hydrogen-bond acceptors (Lipinski definition) is 4. The van der Waals surface area contributed by atoms with Crippen molar-refractivity contribution in [1.29, 1.82) is 0 Å². The molecular weight excluding hydrogens is 330 g/mol. The van der Waals surface area contributed by atoms with Gasteiger partial charge in [-0.2, -0.15) is 0 Å². The summed E-state index contributed by atoms with van der Waals surface area (Å²) in [6, 6.07) is 6.59. The van der Waals surface area contributed by atoms with Crippen molar-refractivity contribution < 1.29 is 4.79 Å². The Morgan fingerprint density at radius 3 is 2.72 bits per heavy atom. The van der Waals surface area contributed by atoms with E-state index in [9.17, 15) is 4.79 Å². The van der Waals surface area contributed by atoms with Gasteiger partial charge in [0.25, 0.3) is 5.91 Å². The molecule has 0 saturated carbocycles. The van der Waals surface area contributed by atoms with Crippen LogP contribution in [-0.2, 0) is 4.79 Å². The Balaban J connectivity index is 1.99. The second-order valence-electron chi connectivity index (χ2n) is 7.46. The molecular formula is C20H27N3OS. The van der Waals surface area contributed by atoms with Crippen molar-refractivity contribution in [2.45, 2.75) is 45.6 Å². The third-order valence-corrected chi connectivity index (χ3v) is 6.37. The number of hydrogen-bond donors (Lipinski definition) is 0. The Morgan fingerprint density at radius 1 is 1.40 bits per heavy atom. The average molecular weight is 358 g/mol. The van der Waals surface area contributed by atoms with Crippen LogP contribution in [0.5, 0.6) is 0 Å². The number of fused-ring (bicyclic) bond motifs is 1. The molecule has 1 fully saturated rings. The monoisotopic (exact) mass is 357 g/mol.